The van der Waals surface area contributed by atoms with Crippen LogP contribution >= 0.6 is 0 Å². The summed E-state index contributed by atoms with van der Waals surface area (Å²) in [5.74, 6) is -0.824. The van der Waals surface area contributed by atoms with Crippen LogP contribution in [0.3, 0.4) is 0 Å². The van der Waals surface area contributed by atoms with Crippen molar-refractivity contribution in [1.29, 1.82) is 0 Å². The van der Waals surface area contributed by atoms with Crippen LogP contribution in [0.5, 0.6) is 0 Å². The minimum absolute atomic E-state index is 0.101. The summed E-state index contributed by atoms with van der Waals surface area (Å²) >= 11 is 0. The third kappa shape index (κ3) is 1.56. The fourth-order valence-electron chi connectivity index (χ4n) is 7.40. The van der Waals surface area contributed by atoms with Gasteiger partial charge < -0.3 is 29.5 Å². The number of fused-ring (bicyclic) bond motifs is 2. The van der Waals surface area contributed by atoms with Gasteiger partial charge in [-0.2, -0.15) is 0 Å². The molecule has 7 heteroatoms. The van der Waals surface area contributed by atoms with Gasteiger partial charge in [-0.15, -0.1) is 0 Å². The summed E-state index contributed by atoms with van der Waals surface area (Å²) in [4.78, 5) is 12.1. The second-order valence-corrected chi connectivity index (χ2v) is 9.63. The van der Waals surface area contributed by atoms with E-state index in [4.69, 9.17) is 14.2 Å². The number of aliphatic hydroxyl groups is 3. The molecule has 0 aromatic rings. The Morgan fingerprint density at radius 3 is 2.81 bits per heavy atom. The van der Waals surface area contributed by atoms with E-state index in [0.717, 1.165) is 24.0 Å². The molecule has 6 aliphatic rings. The Hall–Kier alpha value is -0.990. The number of hydrogen-bond donors (Lipinski definition) is 3. The first-order valence-corrected chi connectivity index (χ1v) is 10.0. The molecule has 3 aliphatic carbocycles. The highest BCUT2D eigenvalue weighted by molar-refractivity contribution is 5.92. The molecule has 2 saturated heterocycles. The van der Waals surface area contributed by atoms with Gasteiger partial charge in [-0.25, -0.2) is 4.79 Å². The van der Waals surface area contributed by atoms with Gasteiger partial charge in [0, 0.05) is 23.5 Å². The Morgan fingerprint density at radius 2 is 2.07 bits per heavy atom. The van der Waals surface area contributed by atoms with Gasteiger partial charge in [-0.3, -0.25) is 0 Å². The fourth-order valence-corrected chi connectivity index (χ4v) is 7.40. The van der Waals surface area contributed by atoms with E-state index in [-0.39, 0.29) is 35.9 Å². The quantitative estimate of drug-likeness (QED) is 0.455. The van der Waals surface area contributed by atoms with Gasteiger partial charge >= 0.3 is 5.97 Å². The van der Waals surface area contributed by atoms with Crippen LogP contribution in [0.25, 0.3) is 0 Å². The number of carbonyl (C=O) groups excluding carboxylic acids is 1. The highest BCUT2D eigenvalue weighted by Crippen LogP contribution is 2.79. The van der Waals surface area contributed by atoms with Crippen molar-refractivity contribution in [2.45, 2.75) is 68.7 Å². The maximum Gasteiger partial charge on any atom is 0.334 e. The molecule has 27 heavy (non-hydrogen) atoms. The minimum atomic E-state index is -0.881. The van der Waals surface area contributed by atoms with Crippen LogP contribution in [-0.2, 0) is 19.0 Å². The summed E-state index contributed by atoms with van der Waals surface area (Å²) in [6, 6.07) is 0. The lowest BCUT2D eigenvalue weighted by Crippen LogP contribution is -2.69. The Balaban J connectivity index is 1.46. The molecule has 3 heterocycles. The Bertz CT molecular complexity index is 778. The van der Waals surface area contributed by atoms with Crippen molar-refractivity contribution < 1.29 is 34.3 Å². The standard InChI is InChI=1S/C20H26O7/c1-8(6-21)13-14(22)16-20(27-16)18(2)4-3-9-10(7-25-17(9)24)11(18)5-12-19(20,26-12)15(13)23/h8,11-16,21-23H,3-7H2,1-2H3/t8?,11-,12-,13?,14+,15+,16-,18-,19+,20+/m0/s1. The van der Waals surface area contributed by atoms with E-state index in [1.165, 1.54) is 0 Å². The zero-order chi connectivity index (χ0) is 18.9. The number of aliphatic hydroxyl groups excluding tert-OH is 3. The summed E-state index contributed by atoms with van der Waals surface area (Å²) in [5.41, 5.74) is 0.00612. The highest BCUT2D eigenvalue weighted by atomic mass is 16.7. The van der Waals surface area contributed by atoms with Crippen molar-refractivity contribution in [3.05, 3.63) is 11.1 Å². The zero-order valence-corrected chi connectivity index (χ0v) is 15.6. The average Bonchev–Trinajstić information content (AvgIpc) is 3.52. The molecular formula is C20H26O7. The van der Waals surface area contributed by atoms with E-state index in [1.54, 1.807) is 0 Å². The third-order valence-corrected chi connectivity index (χ3v) is 8.82. The molecule has 2 saturated carbocycles. The van der Waals surface area contributed by atoms with Crippen LogP contribution in [-0.4, -0.2) is 70.1 Å². The maximum absolute atomic E-state index is 12.1. The maximum atomic E-state index is 12.1. The predicted octanol–water partition coefficient (Wildman–Crippen LogP) is -0.0850. The molecular weight excluding hydrogens is 352 g/mol. The second kappa shape index (κ2) is 4.76. The minimum Gasteiger partial charge on any atom is -0.458 e. The van der Waals surface area contributed by atoms with E-state index in [1.807, 2.05) is 6.92 Å². The SMILES string of the molecule is CC(CO)C1[C@@H](O)[C@@H]2O[C@]23[C@]2(O[C@H]2C[C@H]2C4=C(CC[C@@]23C)C(=O)OC4)[C@@H]1O. The second-order valence-electron chi connectivity index (χ2n) is 9.63. The molecule has 2 unspecified atom stereocenters. The van der Waals surface area contributed by atoms with Crippen molar-refractivity contribution in [1.82, 2.24) is 0 Å². The highest BCUT2D eigenvalue weighted by Gasteiger charge is 2.94. The van der Waals surface area contributed by atoms with Gasteiger partial charge in [-0.05, 0) is 36.7 Å². The van der Waals surface area contributed by atoms with Crippen LogP contribution in [0.15, 0.2) is 11.1 Å². The molecule has 148 valence electrons. The number of ether oxygens (including phenoxy) is 3. The van der Waals surface area contributed by atoms with Gasteiger partial charge in [0.1, 0.15) is 18.3 Å². The zero-order valence-electron chi connectivity index (χ0n) is 15.6. The number of hydrogen-bond acceptors (Lipinski definition) is 7. The van der Waals surface area contributed by atoms with Gasteiger partial charge in [0.2, 0.25) is 0 Å². The van der Waals surface area contributed by atoms with Crippen molar-refractivity contribution in [3.8, 4) is 0 Å². The molecule has 2 spiro atoms. The molecule has 0 aromatic carbocycles. The lowest BCUT2D eigenvalue weighted by atomic mass is 9.46. The summed E-state index contributed by atoms with van der Waals surface area (Å²) in [6.07, 6.45) is -0.158. The van der Waals surface area contributed by atoms with Gasteiger partial charge in [0.05, 0.1) is 18.3 Å². The normalized spacial score (nSPS) is 58.3. The summed E-state index contributed by atoms with van der Waals surface area (Å²) in [6.45, 7) is 4.24. The molecule has 0 amide bonds. The number of esters is 1. The van der Waals surface area contributed by atoms with Crippen LogP contribution in [0, 0.1) is 23.2 Å². The van der Waals surface area contributed by atoms with Crippen molar-refractivity contribution in [2.24, 2.45) is 23.2 Å². The third-order valence-electron chi connectivity index (χ3n) is 8.82. The average molecular weight is 378 g/mol. The van der Waals surface area contributed by atoms with Gasteiger partial charge in [0.15, 0.2) is 5.60 Å². The Morgan fingerprint density at radius 1 is 1.30 bits per heavy atom. The predicted molar refractivity (Wildman–Crippen MR) is 90.4 cm³/mol. The van der Waals surface area contributed by atoms with Gasteiger partial charge in [-0.1, -0.05) is 13.8 Å². The number of cyclic esters (lactones) is 1. The molecule has 10 atom stereocenters. The Labute approximate surface area is 157 Å². The number of rotatable bonds is 2. The van der Waals surface area contributed by atoms with Crippen molar-refractivity contribution in [3.63, 3.8) is 0 Å². The number of carbonyl (C=O) groups is 1. The summed E-state index contributed by atoms with van der Waals surface area (Å²) in [5, 5.41) is 31.9. The van der Waals surface area contributed by atoms with Crippen LogP contribution in [0.1, 0.15) is 33.1 Å². The van der Waals surface area contributed by atoms with E-state index in [9.17, 15) is 20.1 Å². The largest absolute Gasteiger partial charge is 0.458 e. The first-order valence-electron chi connectivity index (χ1n) is 10.0. The smallest absolute Gasteiger partial charge is 0.334 e. The summed E-state index contributed by atoms with van der Waals surface area (Å²) < 4.78 is 17.8. The summed E-state index contributed by atoms with van der Waals surface area (Å²) in [7, 11) is 0. The molecule has 6 rings (SSSR count). The molecule has 3 aliphatic heterocycles. The topological polar surface area (TPSA) is 112 Å². The van der Waals surface area contributed by atoms with E-state index < -0.39 is 35.4 Å². The van der Waals surface area contributed by atoms with E-state index in [2.05, 4.69) is 6.92 Å². The van der Waals surface area contributed by atoms with Gasteiger partial charge in [0.25, 0.3) is 0 Å². The molecule has 4 fully saturated rings. The van der Waals surface area contributed by atoms with E-state index >= 15 is 0 Å². The number of epoxide rings is 2. The lowest BCUT2D eigenvalue weighted by molar-refractivity contribution is -0.136. The lowest BCUT2D eigenvalue weighted by Gasteiger charge is -2.55. The van der Waals surface area contributed by atoms with Crippen LogP contribution < -0.4 is 0 Å². The molecule has 0 bridgehead atoms. The fraction of sp³-hybridized carbons (Fsp3) is 0.850. The first-order chi connectivity index (χ1) is 12.8. The molecule has 0 radical (unpaired) electrons. The molecule has 7 nitrogen and oxygen atoms in total. The Kier molecular flexibility index (Phi) is 2.99. The van der Waals surface area contributed by atoms with E-state index in [0.29, 0.717) is 13.0 Å². The van der Waals surface area contributed by atoms with Crippen molar-refractivity contribution >= 4 is 5.97 Å². The molecule has 0 aromatic heterocycles. The van der Waals surface area contributed by atoms with Crippen LogP contribution in [0.2, 0.25) is 0 Å². The van der Waals surface area contributed by atoms with Crippen LogP contribution in [0.4, 0.5) is 0 Å². The van der Waals surface area contributed by atoms with Crippen molar-refractivity contribution in [2.75, 3.05) is 13.2 Å². The molecule has 3 N–H and O–H groups in total. The first kappa shape index (κ1) is 16.9. The monoisotopic (exact) mass is 378 g/mol.